The van der Waals surface area contributed by atoms with Crippen molar-refractivity contribution in [2.75, 3.05) is 10.0 Å². The van der Waals surface area contributed by atoms with E-state index in [0.29, 0.717) is 27.9 Å². The van der Waals surface area contributed by atoms with Gasteiger partial charge in [0.15, 0.2) is 0 Å². The van der Waals surface area contributed by atoms with E-state index in [0.717, 1.165) is 0 Å². The van der Waals surface area contributed by atoms with Crippen LogP contribution in [-0.2, 0) is 10.0 Å². The predicted molar refractivity (Wildman–Crippen MR) is 108 cm³/mol. The topological polar surface area (TPSA) is 75.3 Å². The Hall–Kier alpha value is -2.43. The number of amides is 1. The van der Waals surface area contributed by atoms with Crippen LogP contribution in [0.4, 0.5) is 20.2 Å². The van der Waals surface area contributed by atoms with Crippen LogP contribution in [0.1, 0.15) is 10.4 Å². The van der Waals surface area contributed by atoms with Crippen LogP contribution in [0, 0.1) is 0 Å². The number of thiophene rings is 1. The smallest absolute Gasteiger partial charge is 0.288 e. The number of alkyl halides is 2. The Morgan fingerprint density at radius 3 is 2.43 bits per heavy atom. The highest BCUT2D eigenvalue weighted by molar-refractivity contribution is 7.99. The molecule has 0 radical (unpaired) electrons. The van der Waals surface area contributed by atoms with Crippen LogP contribution < -0.4 is 10.0 Å². The highest BCUT2D eigenvalue weighted by Gasteiger charge is 2.16. The van der Waals surface area contributed by atoms with Crippen LogP contribution in [0.5, 0.6) is 0 Å². The van der Waals surface area contributed by atoms with Gasteiger partial charge in [0.2, 0.25) is 0 Å². The van der Waals surface area contributed by atoms with Gasteiger partial charge in [0.1, 0.15) is 0 Å². The van der Waals surface area contributed by atoms with Gasteiger partial charge >= 0.3 is 0 Å². The molecule has 28 heavy (non-hydrogen) atoms. The van der Waals surface area contributed by atoms with Gasteiger partial charge in [0.25, 0.3) is 21.7 Å². The number of rotatable bonds is 7. The number of carbonyl (C=O) groups excluding carboxylic acids is 1. The van der Waals surface area contributed by atoms with Crippen molar-refractivity contribution in [3.8, 4) is 0 Å². The van der Waals surface area contributed by atoms with Crippen molar-refractivity contribution in [3.63, 3.8) is 0 Å². The van der Waals surface area contributed by atoms with Crippen molar-refractivity contribution in [1.82, 2.24) is 0 Å². The van der Waals surface area contributed by atoms with Gasteiger partial charge in [0.05, 0.1) is 10.5 Å². The molecule has 0 spiro atoms. The molecule has 1 heterocycles. The summed E-state index contributed by atoms with van der Waals surface area (Å²) in [6.07, 6.45) is 0. The first-order chi connectivity index (χ1) is 13.3. The van der Waals surface area contributed by atoms with Crippen LogP contribution in [0.2, 0.25) is 0 Å². The monoisotopic (exact) mass is 440 g/mol. The Morgan fingerprint density at radius 1 is 1.04 bits per heavy atom. The number of sulfonamides is 1. The van der Waals surface area contributed by atoms with Crippen molar-refractivity contribution >= 4 is 50.4 Å². The summed E-state index contributed by atoms with van der Waals surface area (Å²) in [7, 11) is -3.92. The maximum absolute atomic E-state index is 12.6. The average molecular weight is 441 g/mol. The van der Waals surface area contributed by atoms with Gasteiger partial charge in [-0.2, -0.15) is 20.1 Å². The lowest BCUT2D eigenvalue weighted by Gasteiger charge is -2.10. The molecule has 1 amide bonds. The van der Waals surface area contributed by atoms with Crippen LogP contribution in [-0.4, -0.2) is 20.1 Å². The molecule has 0 aliphatic carbocycles. The Kier molecular flexibility index (Phi) is 6.32. The normalized spacial score (nSPS) is 11.4. The zero-order valence-corrected chi connectivity index (χ0v) is 16.6. The number of hydrogen-bond acceptors (Lipinski definition) is 5. The summed E-state index contributed by atoms with van der Waals surface area (Å²) in [6.45, 7) is 0. The fraction of sp³-hybridized carbons (Fsp3) is 0.0556. The molecule has 0 aliphatic heterocycles. The summed E-state index contributed by atoms with van der Waals surface area (Å²) < 4.78 is 52.3. The Bertz CT molecular complexity index is 1050. The lowest BCUT2D eigenvalue weighted by molar-refractivity contribution is 0.102. The molecular formula is C18H14F2N2O3S3. The number of nitrogens with one attached hydrogen (secondary N) is 2. The highest BCUT2D eigenvalue weighted by atomic mass is 32.2. The number of anilines is 2. The molecule has 0 saturated carbocycles. The number of thioether (sulfide) groups is 1. The second kappa shape index (κ2) is 8.72. The molecule has 2 N–H and O–H groups in total. The minimum absolute atomic E-state index is 0.0401. The third kappa shape index (κ3) is 5.31. The van der Waals surface area contributed by atoms with Gasteiger partial charge in [-0.1, -0.05) is 17.8 Å². The molecule has 2 aromatic carbocycles. The van der Waals surface area contributed by atoms with Gasteiger partial charge in [-0.05, 0) is 53.9 Å². The van der Waals surface area contributed by atoms with E-state index in [9.17, 15) is 22.0 Å². The quantitative estimate of drug-likeness (QED) is 0.500. The van der Waals surface area contributed by atoms with E-state index in [1.807, 2.05) is 0 Å². The summed E-state index contributed by atoms with van der Waals surface area (Å²) in [6, 6.07) is 13.1. The largest absolute Gasteiger partial charge is 0.322 e. The van der Waals surface area contributed by atoms with E-state index >= 15 is 0 Å². The maximum atomic E-state index is 12.6. The van der Waals surface area contributed by atoms with E-state index in [1.165, 1.54) is 53.8 Å². The Morgan fingerprint density at radius 2 is 1.79 bits per heavy atom. The van der Waals surface area contributed by atoms with Crippen molar-refractivity contribution in [2.45, 2.75) is 15.5 Å². The Balaban J connectivity index is 1.74. The number of benzene rings is 2. The van der Waals surface area contributed by atoms with Crippen molar-refractivity contribution < 1.29 is 22.0 Å². The highest BCUT2D eigenvalue weighted by Crippen LogP contribution is 2.27. The molecule has 5 nitrogen and oxygen atoms in total. The molecule has 3 aromatic rings. The zero-order valence-electron chi connectivity index (χ0n) is 14.1. The lowest BCUT2D eigenvalue weighted by Crippen LogP contribution is -2.14. The second-order valence-corrected chi connectivity index (χ2v) is 9.03. The summed E-state index contributed by atoms with van der Waals surface area (Å²) in [5.74, 6) is -2.88. The number of hydrogen-bond donors (Lipinski definition) is 2. The summed E-state index contributed by atoms with van der Waals surface area (Å²) in [4.78, 5) is 12.4. The standard InChI is InChI=1S/C18H14F2N2O3S3/c19-18(20)27-15-6-4-13(5-7-15)22-28(24,25)16-3-1-2-14(10-16)21-17(23)12-8-9-26-11-12/h1-11,18,22H,(H,21,23). The van der Waals surface area contributed by atoms with Gasteiger partial charge in [-0.25, -0.2) is 8.42 Å². The van der Waals surface area contributed by atoms with Crippen LogP contribution in [0.25, 0.3) is 0 Å². The third-order valence-electron chi connectivity index (χ3n) is 3.52. The van der Waals surface area contributed by atoms with E-state index in [1.54, 1.807) is 22.9 Å². The number of carbonyl (C=O) groups is 1. The molecule has 0 unspecified atom stereocenters. The molecule has 146 valence electrons. The first-order valence-electron chi connectivity index (χ1n) is 7.85. The molecule has 0 saturated heterocycles. The first-order valence-corrected chi connectivity index (χ1v) is 11.2. The summed E-state index contributed by atoms with van der Waals surface area (Å²) >= 11 is 1.76. The van der Waals surface area contributed by atoms with E-state index < -0.39 is 15.8 Å². The van der Waals surface area contributed by atoms with Crippen molar-refractivity contribution in [2.24, 2.45) is 0 Å². The van der Waals surface area contributed by atoms with Crippen LogP contribution >= 0.6 is 23.1 Å². The minimum atomic E-state index is -3.92. The van der Waals surface area contributed by atoms with Gasteiger partial charge in [-0.15, -0.1) is 0 Å². The van der Waals surface area contributed by atoms with Crippen molar-refractivity contribution in [3.05, 3.63) is 70.9 Å². The molecule has 0 aliphatic rings. The SMILES string of the molecule is O=C(Nc1cccc(S(=O)(=O)Nc2ccc(SC(F)F)cc2)c1)c1ccsc1. The minimum Gasteiger partial charge on any atom is -0.322 e. The number of halogens is 2. The molecule has 1 aromatic heterocycles. The molecule has 3 rings (SSSR count). The molecule has 0 bridgehead atoms. The summed E-state index contributed by atoms with van der Waals surface area (Å²) in [5, 5.41) is 6.10. The van der Waals surface area contributed by atoms with Gasteiger partial charge in [0, 0.05) is 21.7 Å². The van der Waals surface area contributed by atoms with E-state index in [4.69, 9.17) is 0 Å². The van der Waals surface area contributed by atoms with Gasteiger partial charge < -0.3 is 5.32 Å². The molecular weight excluding hydrogens is 426 g/mol. The zero-order chi connectivity index (χ0) is 20.1. The first kappa shape index (κ1) is 20.3. The fourth-order valence-electron chi connectivity index (χ4n) is 2.26. The fourth-order valence-corrected chi connectivity index (χ4v) is 4.50. The molecule has 0 atom stereocenters. The van der Waals surface area contributed by atoms with E-state index in [2.05, 4.69) is 10.0 Å². The maximum Gasteiger partial charge on any atom is 0.288 e. The second-order valence-electron chi connectivity index (χ2n) is 5.50. The predicted octanol–water partition coefficient (Wildman–Crippen LogP) is 5.12. The van der Waals surface area contributed by atoms with Crippen LogP contribution in [0.15, 0.2) is 75.1 Å². The summed E-state index contributed by atoms with van der Waals surface area (Å²) in [5.41, 5.74) is 1.06. The van der Waals surface area contributed by atoms with Crippen molar-refractivity contribution in [1.29, 1.82) is 0 Å². The van der Waals surface area contributed by atoms with Gasteiger partial charge in [-0.3, -0.25) is 9.52 Å². The Labute approximate surface area is 168 Å². The molecule has 0 fully saturated rings. The third-order valence-corrected chi connectivity index (χ3v) is 6.30. The lowest BCUT2D eigenvalue weighted by atomic mass is 10.3. The molecule has 10 heteroatoms. The average Bonchev–Trinajstić information content (AvgIpc) is 3.18. The van der Waals surface area contributed by atoms with E-state index in [-0.39, 0.29) is 16.5 Å². The van der Waals surface area contributed by atoms with Crippen LogP contribution in [0.3, 0.4) is 0 Å².